The number of benzene rings is 2. The van der Waals surface area contributed by atoms with Crippen molar-refractivity contribution >= 4 is 10.0 Å². The fourth-order valence-electron chi connectivity index (χ4n) is 2.06. The lowest BCUT2D eigenvalue weighted by atomic mass is 9.98. The molecule has 0 bridgehead atoms. The molecule has 0 fully saturated rings. The van der Waals surface area contributed by atoms with Crippen molar-refractivity contribution < 1.29 is 21.6 Å². The molecule has 0 aliphatic heterocycles. The highest BCUT2D eigenvalue weighted by Gasteiger charge is 2.33. The highest BCUT2D eigenvalue weighted by atomic mass is 32.2. The second kappa shape index (κ2) is 5.16. The third kappa shape index (κ3) is 3.25. The fourth-order valence-corrected chi connectivity index (χ4v) is 2.86. The zero-order chi connectivity index (χ0) is 15.8. The lowest BCUT2D eigenvalue weighted by molar-refractivity contribution is -0.137. The maximum absolute atomic E-state index is 13.0. The van der Waals surface area contributed by atoms with E-state index in [4.69, 9.17) is 5.14 Å². The molecule has 0 atom stereocenters. The molecule has 0 aliphatic carbocycles. The van der Waals surface area contributed by atoms with Crippen LogP contribution in [0, 0.1) is 6.92 Å². The quantitative estimate of drug-likeness (QED) is 0.924. The van der Waals surface area contributed by atoms with Crippen molar-refractivity contribution in [1.29, 1.82) is 0 Å². The average Bonchev–Trinajstić information content (AvgIpc) is 2.37. The Morgan fingerprint density at radius 2 is 1.67 bits per heavy atom. The minimum absolute atomic E-state index is 0.0881. The summed E-state index contributed by atoms with van der Waals surface area (Å²) in [5.74, 6) is 0. The topological polar surface area (TPSA) is 60.2 Å². The molecule has 2 aromatic rings. The first kappa shape index (κ1) is 15.5. The molecule has 3 nitrogen and oxygen atoms in total. The summed E-state index contributed by atoms with van der Waals surface area (Å²) in [6.45, 7) is 1.53. The number of primary sulfonamides is 1. The average molecular weight is 315 g/mol. The van der Waals surface area contributed by atoms with Crippen LogP contribution in [0.5, 0.6) is 0 Å². The normalized spacial score (nSPS) is 12.4. The first-order chi connectivity index (χ1) is 9.60. The molecule has 0 radical (unpaired) electrons. The summed E-state index contributed by atoms with van der Waals surface area (Å²) in [7, 11) is -3.99. The Kier molecular flexibility index (Phi) is 3.81. The van der Waals surface area contributed by atoms with Gasteiger partial charge in [-0.25, -0.2) is 13.6 Å². The molecule has 0 heterocycles. The van der Waals surface area contributed by atoms with Gasteiger partial charge in [0.25, 0.3) is 0 Å². The first-order valence-corrected chi connectivity index (χ1v) is 7.45. The smallest absolute Gasteiger partial charge is 0.225 e. The summed E-state index contributed by atoms with van der Waals surface area (Å²) >= 11 is 0. The SMILES string of the molecule is Cc1ccc(-c2ccccc2C(F)(F)F)cc1S(N)(=O)=O. The minimum atomic E-state index is -4.52. The van der Waals surface area contributed by atoms with Crippen molar-refractivity contribution in [3.8, 4) is 11.1 Å². The van der Waals surface area contributed by atoms with Crippen LogP contribution in [0.25, 0.3) is 11.1 Å². The monoisotopic (exact) mass is 315 g/mol. The zero-order valence-electron chi connectivity index (χ0n) is 11.0. The minimum Gasteiger partial charge on any atom is -0.225 e. The van der Waals surface area contributed by atoms with Gasteiger partial charge in [-0.1, -0.05) is 30.3 Å². The fraction of sp³-hybridized carbons (Fsp3) is 0.143. The molecule has 0 spiro atoms. The summed E-state index contributed by atoms with van der Waals surface area (Å²) in [6, 6.07) is 9.01. The van der Waals surface area contributed by atoms with Crippen LogP contribution in [0.2, 0.25) is 0 Å². The van der Waals surface area contributed by atoms with E-state index in [2.05, 4.69) is 0 Å². The molecule has 0 amide bonds. The third-order valence-corrected chi connectivity index (χ3v) is 4.09. The second-order valence-electron chi connectivity index (χ2n) is 4.57. The summed E-state index contributed by atoms with van der Waals surface area (Å²) in [4.78, 5) is -0.183. The van der Waals surface area contributed by atoms with Crippen LogP contribution < -0.4 is 5.14 Å². The maximum atomic E-state index is 13.0. The van der Waals surface area contributed by atoms with Crippen LogP contribution >= 0.6 is 0 Å². The van der Waals surface area contributed by atoms with Gasteiger partial charge in [0.2, 0.25) is 10.0 Å². The highest BCUT2D eigenvalue weighted by molar-refractivity contribution is 7.89. The molecule has 0 saturated heterocycles. The van der Waals surface area contributed by atoms with Crippen molar-refractivity contribution in [3.63, 3.8) is 0 Å². The Balaban J connectivity index is 2.70. The van der Waals surface area contributed by atoms with E-state index in [1.165, 1.54) is 37.3 Å². The molecule has 2 rings (SSSR count). The zero-order valence-corrected chi connectivity index (χ0v) is 11.8. The van der Waals surface area contributed by atoms with E-state index < -0.39 is 21.8 Å². The van der Waals surface area contributed by atoms with Gasteiger partial charge in [0.15, 0.2) is 0 Å². The number of sulfonamides is 1. The number of halogens is 3. The van der Waals surface area contributed by atoms with Gasteiger partial charge >= 0.3 is 6.18 Å². The molecule has 2 N–H and O–H groups in total. The van der Waals surface area contributed by atoms with Crippen molar-refractivity contribution in [2.75, 3.05) is 0 Å². The van der Waals surface area contributed by atoms with E-state index in [1.807, 2.05) is 0 Å². The Hall–Kier alpha value is -1.86. The van der Waals surface area contributed by atoms with Crippen LogP contribution in [-0.4, -0.2) is 8.42 Å². The predicted octanol–water partition coefficient (Wildman–Crippen LogP) is 3.33. The molecule has 0 unspecified atom stereocenters. The van der Waals surface area contributed by atoms with E-state index in [1.54, 1.807) is 0 Å². The number of alkyl halides is 3. The lowest BCUT2D eigenvalue weighted by Crippen LogP contribution is -2.14. The number of rotatable bonds is 2. The van der Waals surface area contributed by atoms with Crippen molar-refractivity contribution in [2.24, 2.45) is 5.14 Å². The van der Waals surface area contributed by atoms with Gasteiger partial charge in [-0.2, -0.15) is 13.2 Å². The van der Waals surface area contributed by atoms with Gasteiger partial charge in [0.05, 0.1) is 10.5 Å². The van der Waals surface area contributed by atoms with Crippen molar-refractivity contribution in [3.05, 3.63) is 53.6 Å². The predicted molar refractivity (Wildman–Crippen MR) is 73.0 cm³/mol. The number of nitrogens with two attached hydrogens (primary N) is 1. The van der Waals surface area contributed by atoms with Crippen LogP contribution in [0.15, 0.2) is 47.4 Å². The van der Waals surface area contributed by atoms with Gasteiger partial charge in [-0.3, -0.25) is 0 Å². The molecule has 7 heteroatoms. The summed E-state index contributed by atoms with van der Waals surface area (Å²) < 4.78 is 62.0. The Labute approximate surface area is 120 Å². The summed E-state index contributed by atoms with van der Waals surface area (Å²) in [5.41, 5.74) is -0.382. The molecule has 2 aromatic carbocycles. The van der Waals surface area contributed by atoms with Crippen LogP contribution in [0.1, 0.15) is 11.1 Å². The van der Waals surface area contributed by atoms with E-state index in [0.717, 1.165) is 12.1 Å². The van der Waals surface area contributed by atoms with Crippen LogP contribution in [0.4, 0.5) is 13.2 Å². The van der Waals surface area contributed by atoms with E-state index in [0.29, 0.717) is 5.56 Å². The van der Waals surface area contributed by atoms with E-state index >= 15 is 0 Å². The molecule has 0 aliphatic rings. The molecular weight excluding hydrogens is 303 g/mol. The molecule has 21 heavy (non-hydrogen) atoms. The van der Waals surface area contributed by atoms with Crippen molar-refractivity contribution in [2.45, 2.75) is 18.0 Å². The largest absolute Gasteiger partial charge is 0.417 e. The molecular formula is C14H12F3NO2S. The van der Waals surface area contributed by atoms with Gasteiger partial charge in [0, 0.05) is 0 Å². The lowest BCUT2D eigenvalue weighted by Gasteiger charge is -2.14. The Bertz CT molecular complexity index is 783. The summed E-state index contributed by atoms with van der Waals surface area (Å²) in [5, 5.41) is 5.08. The Morgan fingerprint density at radius 3 is 2.24 bits per heavy atom. The number of hydrogen-bond acceptors (Lipinski definition) is 2. The van der Waals surface area contributed by atoms with Crippen LogP contribution in [-0.2, 0) is 16.2 Å². The van der Waals surface area contributed by atoms with Crippen LogP contribution in [0.3, 0.4) is 0 Å². The second-order valence-corrected chi connectivity index (χ2v) is 6.10. The third-order valence-electron chi connectivity index (χ3n) is 3.04. The molecule has 0 saturated carbocycles. The van der Waals surface area contributed by atoms with E-state index in [-0.39, 0.29) is 16.0 Å². The molecule has 112 valence electrons. The van der Waals surface area contributed by atoms with Crippen molar-refractivity contribution in [1.82, 2.24) is 0 Å². The molecule has 0 aromatic heterocycles. The summed E-state index contributed by atoms with van der Waals surface area (Å²) in [6.07, 6.45) is -4.52. The van der Waals surface area contributed by atoms with Gasteiger partial charge in [0.1, 0.15) is 0 Å². The highest BCUT2D eigenvalue weighted by Crippen LogP contribution is 2.37. The number of hydrogen-bond donors (Lipinski definition) is 1. The van der Waals surface area contributed by atoms with Gasteiger partial charge in [-0.15, -0.1) is 0 Å². The Morgan fingerprint density at radius 1 is 1.05 bits per heavy atom. The van der Waals surface area contributed by atoms with Gasteiger partial charge in [-0.05, 0) is 35.7 Å². The van der Waals surface area contributed by atoms with E-state index in [9.17, 15) is 21.6 Å². The number of aryl methyl sites for hydroxylation is 1. The van der Waals surface area contributed by atoms with Gasteiger partial charge < -0.3 is 0 Å². The standard InChI is InChI=1S/C14H12F3NO2S/c1-9-6-7-10(8-13(9)21(18,19)20)11-4-2-3-5-12(11)14(15,16)17/h2-8H,1H3,(H2,18,19,20). The first-order valence-electron chi connectivity index (χ1n) is 5.91. The maximum Gasteiger partial charge on any atom is 0.417 e.